The zero-order chi connectivity index (χ0) is 15.9. The van der Waals surface area contributed by atoms with Gasteiger partial charge in [0.25, 0.3) is 0 Å². The molecule has 0 bridgehead atoms. The number of para-hydroxylation sites is 1. The van der Waals surface area contributed by atoms with Crippen molar-refractivity contribution in [3.63, 3.8) is 0 Å². The van der Waals surface area contributed by atoms with E-state index in [0.29, 0.717) is 19.6 Å². The molecule has 1 aromatic carbocycles. The molecule has 1 amide bonds. The summed E-state index contributed by atoms with van der Waals surface area (Å²) in [5.41, 5.74) is 3.81. The molecule has 2 aromatic heterocycles. The third-order valence-electron chi connectivity index (χ3n) is 3.33. The highest BCUT2D eigenvalue weighted by molar-refractivity contribution is 7.09. The minimum absolute atomic E-state index is 0.0116. The van der Waals surface area contributed by atoms with E-state index < -0.39 is 0 Å². The molecule has 0 spiro atoms. The Morgan fingerprint density at radius 1 is 1.17 bits per heavy atom. The van der Waals surface area contributed by atoms with Gasteiger partial charge < -0.3 is 10.2 Å². The maximum atomic E-state index is 12.3. The van der Waals surface area contributed by atoms with Crippen LogP contribution in [0.3, 0.4) is 0 Å². The van der Waals surface area contributed by atoms with Crippen molar-refractivity contribution in [2.24, 2.45) is 0 Å². The first-order chi connectivity index (χ1) is 11.3. The second kappa shape index (κ2) is 7.89. The molecule has 0 atom stereocenters. The van der Waals surface area contributed by atoms with E-state index in [-0.39, 0.29) is 5.91 Å². The summed E-state index contributed by atoms with van der Waals surface area (Å²) in [6.45, 7) is 1.52. The number of thiophene rings is 1. The Labute approximate surface area is 143 Å². The fraction of sp³-hybridized carbons (Fsp3) is 0.176. The van der Waals surface area contributed by atoms with Gasteiger partial charge in [-0.2, -0.15) is 0 Å². The number of anilines is 1. The van der Waals surface area contributed by atoms with Crippen LogP contribution in [0.5, 0.6) is 0 Å². The Morgan fingerprint density at radius 2 is 2.04 bits per heavy atom. The van der Waals surface area contributed by atoms with Crippen LogP contribution in [-0.2, 0) is 17.9 Å². The number of rotatable bonds is 7. The number of hydrogen-bond donors (Lipinski definition) is 1. The third kappa shape index (κ3) is 4.64. The average molecular weight is 343 g/mol. The van der Waals surface area contributed by atoms with E-state index >= 15 is 0 Å². The Hall–Kier alpha value is -2.18. The van der Waals surface area contributed by atoms with Gasteiger partial charge in [0.1, 0.15) is 0 Å². The summed E-state index contributed by atoms with van der Waals surface area (Å²) in [6.07, 6.45) is 0. The number of aromatic nitrogens is 1. The van der Waals surface area contributed by atoms with Crippen LogP contribution < -0.4 is 10.2 Å². The van der Waals surface area contributed by atoms with E-state index in [0.717, 1.165) is 16.3 Å². The molecular formula is C17H17N3OS2. The summed E-state index contributed by atoms with van der Waals surface area (Å²) in [5, 5.41) is 7.00. The first-order valence-corrected chi connectivity index (χ1v) is 9.09. The predicted octanol–water partition coefficient (Wildman–Crippen LogP) is 3.53. The Balaban J connectivity index is 1.64. The van der Waals surface area contributed by atoms with E-state index in [9.17, 15) is 4.79 Å². The van der Waals surface area contributed by atoms with Gasteiger partial charge in [-0.15, -0.1) is 22.7 Å². The number of nitrogens with zero attached hydrogens (tertiary/aromatic N) is 2. The highest BCUT2D eigenvalue weighted by Gasteiger charge is 2.13. The smallest absolute Gasteiger partial charge is 0.239 e. The number of carbonyl (C=O) groups excluding carboxylic acids is 1. The standard InChI is InChI=1S/C17H17N3OS2/c21-17(18-9-16-7-4-8-23-16)11-20(10-14-12-22-13-19-14)15-5-2-1-3-6-15/h1-8,12-13H,9-11H2,(H,18,21). The maximum Gasteiger partial charge on any atom is 0.239 e. The van der Waals surface area contributed by atoms with Crippen molar-refractivity contribution in [1.29, 1.82) is 0 Å². The number of amides is 1. The van der Waals surface area contributed by atoms with Crippen LogP contribution >= 0.6 is 22.7 Å². The van der Waals surface area contributed by atoms with Crippen molar-refractivity contribution in [3.8, 4) is 0 Å². The monoisotopic (exact) mass is 343 g/mol. The fourth-order valence-electron chi connectivity index (χ4n) is 2.22. The van der Waals surface area contributed by atoms with Crippen LogP contribution in [0.15, 0.2) is 58.7 Å². The summed E-state index contributed by atoms with van der Waals surface area (Å²) in [5.74, 6) is 0.0116. The van der Waals surface area contributed by atoms with Gasteiger partial charge >= 0.3 is 0 Å². The van der Waals surface area contributed by atoms with E-state index in [4.69, 9.17) is 0 Å². The average Bonchev–Trinajstić information content (AvgIpc) is 3.27. The van der Waals surface area contributed by atoms with Crippen molar-refractivity contribution in [1.82, 2.24) is 10.3 Å². The molecule has 2 heterocycles. The molecule has 23 heavy (non-hydrogen) atoms. The van der Waals surface area contributed by atoms with Crippen LogP contribution in [0.1, 0.15) is 10.6 Å². The van der Waals surface area contributed by atoms with Gasteiger partial charge in [0.2, 0.25) is 5.91 Å². The Morgan fingerprint density at radius 3 is 2.74 bits per heavy atom. The first kappa shape index (κ1) is 15.7. The summed E-state index contributed by atoms with van der Waals surface area (Å²) in [4.78, 5) is 19.8. The first-order valence-electron chi connectivity index (χ1n) is 7.27. The number of thiazole rings is 1. The second-order valence-corrected chi connectivity index (χ2v) is 6.78. The van der Waals surface area contributed by atoms with Crippen molar-refractivity contribution in [3.05, 3.63) is 69.3 Å². The number of nitrogens with one attached hydrogen (secondary N) is 1. The van der Waals surface area contributed by atoms with Gasteiger partial charge in [-0.05, 0) is 23.6 Å². The van der Waals surface area contributed by atoms with E-state index in [1.165, 1.54) is 0 Å². The van der Waals surface area contributed by atoms with Crippen molar-refractivity contribution in [2.45, 2.75) is 13.1 Å². The molecule has 3 aromatic rings. The lowest BCUT2D eigenvalue weighted by molar-refractivity contribution is -0.119. The van der Waals surface area contributed by atoms with Gasteiger partial charge in [-0.1, -0.05) is 24.3 Å². The molecule has 0 aliphatic heterocycles. The number of benzene rings is 1. The van der Waals surface area contributed by atoms with E-state index in [1.54, 1.807) is 22.7 Å². The fourth-order valence-corrected chi connectivity index (χ4v) is 3.41. The third-order valence-corrected chi connectivity index (χ3v) is 4.84. The molecule has 0 saturated heterocycles. The molecule has 6 heteroatoms. The van der Waals surface area contributed by atoms with Crippen molar-refractivity contribution < 1.29 is 4.79 Å². The second-order valence-electron chi connectivity index (χ2n) is 5.03. The molecule has 0 aliphatic rings. The van der Waals surface area contributed by atoms with Crippen molar-refractivity contribution in [2.75, 3.05) is 11.4 Å². The zero-order valence-corrected chi connectivity index (χ0v) is 14.1. The van der Waals surface area contributed by atoms with Gasteiger partial charge in [0.15, 0.2) is 0 Å². The van der Waals surface area contributed by atoms with Gasteiger partial charge in [-0.25, -0.2) is 4.98 Å². The van der Waals surface area contributed by atoms with Crippen LogP contribution in [0, 0.1) is 0 Å². The molecular weight excluding hydrogens is 326 g/mol. The molecule has 0 aliphatic carbocycles. The summed E-state index contributed by atoms with van der Waals surface area (Å²) >= 11 is 3.21. The summed E-state index contributed by atoms with van der Waals surface area (Å²) in [7, 11) is 0. The van der Waals surface area contributed by atoms with Gasteiger partial charge in [0.05, 0.1) is 30.8 Å². The van der Waals surface area contributed by atoms with Crippen LogP contribution in [0.2, 0.25) is 0 Å². The normalized spacial score (nSPS) is 10.4. The highest BCUT2D eigenvalue weighted by Crippen LogP contribution is 2.16. The lowest BCUT2D eigenvalue weighted by Crippen LogP contribution is -2.36. The van der Waals surface area contributed by atoms with Gasteiger partial charge in [-0.3, -0.25) is 4.79 Å². The number of carbonyl (C=O) groups is 1. The minimum Gasteiger partial charge on any atom is -0.356 e. The zero-order valence-electron chi connectivity index (χ0n) is 12.5. The van der Waals surface area contributed by atoms with E-state index in [1.807, 2.05) is 63.6 Å². The minimum atomic E-state index is 0.0116. The molecule has 0 fully saturated rings. The SMILES string of the molecule is O=C(CN(Cc1cscn1)c1ccccc1)NCc1cccs1. The Bertz CT molecular complexity index is 712. The number of hydrogen-bond acceptors (Lipinski definition) is 5. The molecule has 3 rings (SSSR count). The quantitative estimate of drug-likeness (QED) is 0.714. The van der Waals surface area contributed by atoms with Crippen LogP contribution in [-0.4, -0.2) is 17.4 Å². The summed E-state index contributed by atoms with van der Waals surface area (Å²) in [6, 6.07) is 14.0. The maximum absolute atomic E-state index is 12.3. The molecule has 0 saturated carbocycles. The van der Waals surface area contributed by atoms with Crippen LogP contribution in [0.4, 0.5) is 5.69 Å². The Kier molecular flexibility index (Phi) is 5.39. The predicted molar refractivity (Wildman–Crippen MR) is 95.8 cm³/mol. The lowest BCUT2D eigenvalue weighted by atomic mass is 10.2. The highest BCUT2D eigenvalue weighted by atomic mass is 32.1. The topological polar surface area (TPSA) is 45.2 Å². The van der Waals surface area contributed by atoms with Crippen LogP contribution in [0.25, 0.3) is 0 Å². The van der Waals surface area contributed by atoms with E-state index in [2.05, 4.69) is 10.3 Å². The molecule has 0 radical (unpaired) electrons. The largest absolute Gasteiger partial charge is 0.356 e. The molecule has 4 nitrogen and oxygen atoms in total. The summed E-state index contributed by atoms with van der Waals surface area (Å²) < 4.78 is 0. The lowest BCUT2D eigenvalue weighted by Gasteiger charge is -2.23. The molecule has 1 N–H and O–H groups in total. The molecule has 118 valence electrons. The van der Waals surface area contributed by atoms with Crippen molar-refractivity contribution >= 4 is 34.3 Å². The molecule has 0 unspecified atom stereocenters. The van der Waals surface area contributed by atoms with Gasteiger partial charge in [0, 0.05) is 15.9 Å².